The Labute approximate surface area is 151 Å². The predicted molar refractivity (Wildman–Crippen MR) is 92.5 cm³/mol. The number of rotatable bonds is 9. The van der Waals surface area contributed by atoms with Crippen LogP contribution < -0.4 is 10.6 Å². The summed E-state index contributed by atoms with van der Waals surface area (Å²) in [4.78, 5) is 37.2. The molecule has 0 radical (unpaired) electrons. The Morgan fingerprint density at radius 2 is 2.08 bits per heavy atom. The molecule has 26 heavy (non-hydrogen) atoms. The average Bonchev–Trinajstić information content (AvgIpc) is 3.18. The van der Waals surface area contributed by atoms with Crippen molar-refractivity contribution in [2.45, 2.75) is 50.7 Å². The summed E-state index contributed by atoms with van der Waals surface area (Å²) in [6.07, 6.45) is 6.57. The zero-order valence-corrected chi connectivity index (χ0v) is 14.8. The SMILES string of the molecule is CC(NC(=O)c1ccoc1)C(=O)NC1CC(N(CC(=O)O)CC2CC2)C1. The maximum atomic E-state index is 12.2. The van der Waals surface area contributed by atoms with E-state index in [1.807, 2.05) is 4.90 Å². The standard InChI is InChI=1S/C18H25N3O5/c1-11(19-18(25)13-4-5-26-10-13)17(24)20-14-6-15(7-14)21(9-16(22)23)8-12-2-3-12/h4-5,10-12,14-15H,2-3,6-9H2,1H3,(H,19,25)(H,20,24)(H,22,23). The molecule has 3 rings (SSSR count). The molecule has 1 aromatic heterocycles. The lowest BCUT2D eigenvalue weighted by atomic mass is 9.85. The first-order chi connectivity index (χ1) is 12.4. The van der Waals surface area contributed by atoms with Gasteiger partial charge in [-0.2, -0.15) is 0 Å². The van der Waals surface area contributed by atoms with Gasteiger partial charge in [0, 0.05) is 18.6 Å². The number of carbonyl (C=O) groups is 3. The number of furan rings is 1. The van der Waals surface area contributed by atoms with Gasteiger partial charge in [0.05, 0.1) is 18.4 Å². The highest BCUT2D eigenvalue weighted by molar-refractivity contribution is 5.97. The first-order valence-electron chi connectivity index (χ1n) is 9.01. The van der Waals surface area contributed by atoms with Crippen molar-refractivity contribution in [3.05, 3.63) is 24.2 Å². The lowest BCUT2D eigenvalue weighted by molar-refractivity contribution is -0.140. The number of carboxylic acids is 1. The zero-order valence-electron chi connectivity index (χ0n) is 14.8. The monoisotopic (exact) mass is 363 g/mol. The molecule has 2 saturated carbocycles. The molecule has 0 spiro atoms. The molecule has 3 N–H and O–H groups in total. The van der Waals surface area contributed by atoms with Gasteiger partial charge in [-0.25, -0.2) is 0 Å². The summed E-state index contributed by atoms with van der Waals surface area (Å²) in [5.41, 5.74) is 0.373. The highest BCUT2D eigenvalue weighted by Crippen LogP contribution is 2.33. The maximum absolute atomic E-state index is 12.2. The normalized spacial score (nSPS) is 23.2. The fraction of sp³-hybridized carbons (Fsp3) is 0.611. The van der Waals surface area contributed by atoms with E-state index in [-0.39, 0.29) is 30.4 Å². The van der Waals surface area contributed by atoms with Gasteiger partial charge in [-0.05, 0) is 44.6 Å². The molecular formula is C18H25N3O5. The molecule has 0 bridgehead atoms. The van der Waals surface area contributed by atoms with Gasteiger partial charge in [0.25, 0.3) is 5.91 Å². The van der Waals surface area contributed by atoms with E-state index in [4.69, 9.17) is 9.52 Å². The minimum atomic E-state index is -0.811. The molecule has 2 fully saturated rings. The van der Waals surface area contributed by atoms with Crippen LogP contribution >= 0.6 is 0 Å². The van der Waals surface area contributed by atoms with E-state index in [2.05, 4.69) is 10.6 Å². The van der Waals surface area contributed by atoms with E-state index in [0.29, 0.717) is 11.5 Å². The third-order valence-electron chi connectivity index (χ3n) is 5.03. The van der Waals surface area contributed by atoms with Crippen LogP contribution in [0.2, 0.25) is 0 Å². The maximum Gasteiger partial charge on any atom is 0.317 e. The van der Waals surface area contributed by atoms with Crippen LogP contribution in [0, 0.1) is 5.92 Å². The molecule has 1 unspecified atom stereocenters. The number of aliphatic carboxylic acids is 1. The number of nitrogens with zero attached hydrogens (tertiary/aromatic N) is 1. The van der Waals surface area contributed by atoms with Gasteiger partial charge in [0.15, 0.2) is 0 Å². The molecule has 1 atom stereocenters. The summed E-state index contributed by atoms with van der Waals surface area (Å²) in [5.74, 6) is -0.780. The van der Waals surface area contributed by atoms with Gasteiger partial charge in [-0.1, -0.05) is 0 Å². The number of carbonyl (C=O) groups excluding carboxylic acids is 2. The summed E-state index contributed by atoms with van der Waals surface area (Å²) < 4.78 is 4.85. The molecule has 0 aliphatic heterocycles. The van der Waals surface area contributed by atoms with Crippen molar-refractivity contribution in [3.63, 3.8) is 0 Å². The Balaban J connectivity index is 1.41. The fourth-order valence-corrected chi connectivity index (χ4v) is 3.22. The molecule has 2 aliphatic carbocycles. The van der Waals surface area contributed by atoms with Crippen molar-refractivity contribution in [1.29, 1.82) is 0 Å². The van der Waals surface area contributed by atoms with Crippen LogP contribution in [-0.4, -0.2) is 59.0 Å². The number of hydrogen-bond donors (Lipinski definition) is 3. The van der Waals surface area contributed by atoms with E-state index in [1.54, 1.807) is 6.92 Å². The molecule has 0 aromatic carbocycles. The summed E-state index contributed by atoms with van der Waals surface area (Å²) in [6.45, 7) is 2.51. The van der Waals surface area contributed by atoms with E-state index in [9.17, 15) is 14.4 Å². The molecule has 2 aliphatic rings. The Kier molecular flexibility index (Phi) is 5.61. The van der Waals surface area contributed by atoms with Crippen LogP contribution in [0.4, 0.5) is 0 Å². The van der Waals surface area contributed by atoms with Gasteiger partial charge >= 0.3 is 5.97 Å². The Bertz CT molecular complexity index is 650. The van der Waals surface area contributed by atoms with Crippen LogP contribution in [0.25, 0.3) is 0 Å². The van der Waals surface area contributed by atoms with Crippen LogP contribution in [-0.2, 0) is 9.59 Å². The summed E-state index contributed by atoms with van der Waals surface area (Å²) in [5, 5.41) is 14.6. The van der Waals surface area contributed by atoms with Gasteiger partial charge in [-0.15, -0.1) is 0 Å². The lowest BCUT2D eigenvalue weighted by Gasteiger charge is -2.43. The van der Waals surface area contributed by atoms with Crippen LogP contribution in [0.3, 0.4) is 0 Å². The van der Waals surface area contributed by atoms with Crippen molar-refractivity contribution in [2.75, 3.05) is 13.1 Å². The minimum absolute atomic E-state index is 0.0243. The Morgan fingerprint density at radius 1 is 1.35 bits per heavy atom. The van der Waals surface area contributed by atoms with E-state index in [0.717, 1.165) is 19.4 Å². The molecule has 1 heterocycles. The zero-order chi connectivity index (χ0) is 18.7. The largest absolute Gasteiger partial charge is 0.480 e. The van der Waals surface area contributed by atoms with Crippen molar-refractivity contribution in [1.82, 2.24) is 15.5 Å². The highest BCUT2D eigenvalue weighted by atomic mass is 16.4. The fourth-order valence-electron chi connectivity index (χ4n) is 3.22. The molecule has 142 valence electrons. The molecule has 8 heteroatoms. The molecule has 0 saturated heterocycles. The molecule has 1 aromatic rings. The van der Waals surface area contributed by atoms with E-state index in [1.165, 1.54) is 31.4 Å². The molecule has 8 nitrogen and oxygen atoms in total. The number of carboxylic acid groups (broad SMARTS) is 1. The van der Waals surface area contributed by atoms with Crippen molar-refractivity contribution in [2.24, 2.45) is 5.92 Å². The molecule has 2 amide bonds. The summed E-state index contributed by atoms with van der Waals surface area (Å²) in [6, 6.07) is 1.11. The first-order valence-corrected chi connectivity index (χ1v) is 9.01. The van der Waals surface area contributed by atoms with Gasteiger partial charge < -0.3 is 20.2 Å². The minimum Gasteiger partial charge on any atom is -0.480 e. The van der Waals surface area contributed by atoms with Gasteiger partial charge in [0.2, 0.25) is 5.91 Å². The predicted octanol–water partition coefficient (Wildman–Crippen LogP) is 0.842. The van der Waals surface area contributed by atoms with Crippen LogP contribution in [0.1, 0.15) is 43.0 Å². The topological polar surface area (TPSA) is 112 Å². The third kappa shape index (κ3) is 4.85. The van der Waals surface area contributed by atoms with Crippen LogP contribution in [0.5, 0.6) is 0 Å². The van der Waals surface area contributed by atoms with Gasteiger partial charge in [0.1, 0.15) is 12.3 Å². The Hall–Kier alpha value is -2.35. The summed E-state index contributed by atoms with van der Waals surface area (Å²) in [7, 11) is 0. The second kappa shape index (κ2) is 7.90. The quantitative estimate of drug-likeness (QED) is 0.599. The number of nitrogens with one attached hydrogen (secondary N) is 2. The van der Waals surface area contributed by atoms with E-state index < -0.39 is 12.0 Å². The van der Waals surface area contributed by atoms with Crippen molar-refractivity contribution in [3.8, 4) is 0 Å². The summed E-state index contributed by atoms with van der Waals surface area (Å²) >= 11 is 0. The average molecular weight is 363 g/mol. The van der Waals surface area contributed by atoms with Crippen molar-refractivity contribution >= 4 is 17.8 Å². The lowest BCUT2D eigenvalue weighted by Crippen LogP contribution is -2.57. The Morgan fingerprint density at radius 3 is 2.65 bits per heavy atom. The van der Waals surface area contributed by atoms with Crippen LogP contribution in [0.15, 0.2) is 23.0 Å². The number of hydrogen-bond acceptors (Lipinski definition) is 5. The second-order valence-corrected chi connectivity index (χ2v) is 7.30. The highest BCUT2D eigenvalue weighted by Gasteiger charge is 2.38. The van der Waals surface area contributed by atoms with Gasteiger partial charge in [-0.3, -0.25) is 19.3 Å². The van der Waals surface area contributed by atoms with Crippen molar-refractivity contribution < 1.29 is 23.9 Å². The first kappa shape index (κ1) is 18.4. The van der Waals surface area contributed by atoms with E-state index >= 15 is 0 Å². The second-order valence-electron chi connectivity index (χ2n) is 7.30. The molecular weight excluding hydrogens is 338 g/mol. The third-order valence-corrected chi connectivity index (χ3v) is 5.03. The number of amides is 2. The smallest absolute Gasteiger partial charge is 0.317 e.